The van der Waals surface area contributed by atoms with Crippen molar-refractivity contribution in [1.82, 2.24) is 9.13 Å². The molecule has 3 aromatic heterocycles. The summed E-state index contributed by atoms with van der Waals surface area (Å²) in [6.45, 7) is 0. The molecule has 11 aromatic rings. The zero-order chi connectivity index (χ0) is 33.5. The number of hydrogen-bond donors (Lipinski definition) is 0. The Balaban J connectivity index is 1.01. The number of para-hydroxylation sites is 3. The summed E-state index contributed by atoms with van der Waals surface area (Å²) < 4.78 is 11.2. The van der Waals surface area contributed by atoms with Crippen LogP contribution in [0.15, 0.2) is 186 Å². The third-order valence-corrected chi connectivity index (χ3v) is 10.5. The maximum absolute atomic E-state index is 6.57. The molecule has 11 rings (SSSR count). The van der Waals surface area contributed by atoms with Gasteiger partial charge in [-0.15, -0.1) is 0 Å². The normalized spacial score (nSPS) is 11.9. The highest BCUT2D eigenvalue weighted by Gasteiger charge is 2.20. The molecule has 0 N–H and O–H groups in total. The van der Waals surface area contributed by atoms with Crippen molar-refractivity contribution in [3.05, 3.63) is 182 Å². The molecule has 3 nitrogen and oxygen atoms in total. The first kappa shape index (κ1) is 28.0. The molecular weight excluding hydrogens is 621 g/mol. The summed E-state index contributed by atoms with van der Waals surface area (Å²) in [7, 11) is 0. The van der Waals surface area contributed by atoms with Crippen LogP contribution in [-0.2, 0) is 0 Å². The van der Waals surface area contributed by atoms with E-state index >= 15 is 0 Å². The van der Waals surface area contributed by atoms with Crippen LogP contribution in [0.1, 0.15) is 0 Å². The minimum Gasteiger partial charge on any atom is -0.439 e. The molecule has 0 saturated carbocycles. The van der Waals surface area contributed by atoms with Crippen LogP contribution in [0, 0.1) is 0 Å². The van der Waals surface area contributed by atoms with Crippen molar-refractivity contribution in [2.75, 3.05) is 0 Å². The number of nitrogens with zero attached hydrogens (tertiary/aromatic N) is 2. The van der Waals surface area contributed by atoms with Gasteiger partial charge in [-0.05, 0) is 82.2 Å². The third kappa shape index (κ3) is 4.19. The van der Waals surface area contributed by atoms with E-state index in [0.29, 0.717) is 0 Å². The lowest BCUT2D eigenvalue weighted by atomic mass is 9.98. The Kier molecular flexibility index (Phi) is 5.96. The van der Waals surface area contributed by atoms with Crippen molar-refractivity contribution in [1.29, 1.82) is 0 Å². The Morgan fingerprint density at radius 3 is 1.71 bits per heavy atom. The molecule has 0 bridgehead atoms. The minimum absolute atomic E-state index is 0.877. The lowest BCUT2D eigenvalue weighted by Gasteiger charge is -2.12. The molecule has 3 heteroatoms. The summed E-state index contributed by atoms with van der Waals surface area (Å²) in [4.78, 5) is 0. The number of aromatic nitrogens is 2. The topological polar surface area (TPSA) is 23.0 Å². The molecule has 0 aliphatic rings. The second-order valence-corrected chi connectivity index (χ2v) is 13.3. The molecule has 0 unspecified atom stereocenters. The maximum Gasteiger partial charge on any atom is 0.213 e. The molecular formula is C48H30N2O. The largest absolute Gasteiger partial charge is 0.439 e. The Labute approximate surface area is 293 Å². The number of furan rings is 1. The average Bonchev–Trinajstić information content (AvgIpc) is 3.84. The molecule has 0 atom stereocenters. The fourth-order valence-electron chi connectivity index (χ4n) is 8.18. The molecule has 238 valence electrons. The summed E-state index contributed by atoms with van der Waals surface area (Å²) in [5, 5.41) is 8.48. The Morgan fingerprint density at radius 1 is 0.353 bits per heavy atom. The molecule has 0 radical (unpaired) electrons. The van der Waals surface area contributed by atoms with Crippen LogP contribution < -0.4 is 0 Å². The molecule has 0 aliphatic carbocycles. The van der Waals surface area contributed by atoms with Crippen LogP contribution >= 0.6 is 0 Å². The molecule has 3 heterocycles. The molecule has 0 amide bonds. The Hall–Kier alpha value is -6.84. The van der Waals surface area contributed by atoms with Crippen molar-refractivity contribution in [2.45, 2.75) is 0 Å². The second-order valence-electron chi connectivity index (χ2n) is 13.3. The monoisotopic (exact) mass is 650 g/mol. The van der Waals surface area contributed by atoms with E-state index in [1.807, 2.05) is 6.07 Å². The van der Waals surface area contributed by atoms with Gasteiger partial charge in [0.2, 0.25) is 5.71 Å². The van der Waals surface area contributed by atoms with E-state index < -0.39 is 0 Å². The van der Waals surface area contributed by atoms with Gasteiger partial charge in [-0.3, -0.25) is 4.57 Å². The first-order valence-electron chi connectivity index (χ1n) is 17.4. The SMILES string of the molecule is c1ccc(-n2c3ccccc3c3c4cc(-c5ccc(-c6ccc7c(c6)c6ccccc6n7-c6cccc7ccccc67)cc5)ccc4oc32)cc1. The quantitative estimate of drug-likeness (QED) is 0.186. The highest BCUT2D eigenvalue weighted by molar-refractivity contribution is 6.20. The molecule has 51 heavy (non-hydrogen) atoms. The highest BCUT2D eigenvalue weighted by atomic mass is 16.3. The van der Waals surface area contributed by atoms with E-state index in [0.717, 1.165) is 33.3 Å². The summed E-state index contributed by atoms with van der Waals surface area (Å²) in [5.74, 6) is 0. The van der Waals surface area contributed by atoms with Gasteiger partial charge in [0.15, 0.2) is 0 Å². The number of hydrogen-bond acceptors (Lipinski definition) is 1. The lowest BCUT2D eigenvalue weighted by Crippen LogP contribution is -1.95. The smallest absolute Gasteiger partial charge is 0.213 e. The maximum atomic E-state index is 6.57. The van der Waals surface area contributed by atoms with E-state index in [1.54, 1.807) is 0 Å². The summed E-state index contributed by atoms with van der Waals surface area (Å²) >= 11 is 0. The predicted octanol–water partition coefficient (Wildman–Crippen LogP) is 13.1. The summed E-state index contributed by atoms with van der Waals surface area (Å²) in [5.41, 5.74) is 12.4. The van der Waals surface area contributed by atoms with E-state index in [9.17, 15) is 0 Å². The summed E-state index contributed by atoms with van der Waals surface area (Å²) in [6, 6.07) is 65.4. The molecule has 0 fully saturated rings. The van der Waals surface area contributed by atoms with Crippen molar-refractivity contribution in [3.8, 4) is 33.6 Å². The Bertz CT molecular complexity index is 3120. The van der Waals surface area contributed by atoms with Crippen molar-refractivity contribution in [2.24, 2.45) is 0 Å². The van der Waals surface area contributed by atoms with E-state index in [-0.39, 0.29) is 0 Å². The van der Waals surface area contributed by atoms with Gasteiger partial charge in [0.1, 0.15) is 5.58 Å². The average molecular weight is 651 g/mol. The summed E-state index contributed by atoms with van der Waals surface area (Å²) in [6.07, 6.45) is 0. The van der Waals surface area contributed by atoms with Gasteiger partial charge in [0, 0.05) is 32.6 Å². The van der Waals surface area contributed by atoms with Crippen LogP contribution in [-0.4, -0.2) is 9.13 Å². The van der Waals surface area contributed by atoms with E-state index in [1.165, 1.54) is 65.9 Å². The van der Waals surface area contributed by atoms with Crippen LogP contribution in [0.3, 0.4) is 0 Å². The van der Waals surface area contributed by atoms with E-state index in [4.69, 9.17) is 4.42 Å². The van der Waals surface area contributed by atoms with Gasteiger partial charge in [0.25, 0.3) is 0 Å². The number of fused-ring (bicyclic) bond motifs is 9. The first-order chi connectivity index (χ1) is 25.3. The predicted molar refractivity (Wildman–Crippen MR) is 213 cm³/mol. The standard InChI is InChI=1S/C48H30N2O/c1-2-13-36(14-3-1)49-44-19-9-7-17-39(44)47-41-30-35(26-28-46(41)51-48(47)49)32-23-21-31(22-24-32)34-25-27-45-40(29-34)38-16-6-8-18-43(38)50(45)42-20-10-12-33-11-4-5-15-37(33)42/h1-30H. The van der Waals surface area contributed by atoms with Gasteiger partial charge in [-0.2, -0.15) is 0 Å². The minimum atomic E-state index is 0.877. The van der Waals surface area contributed by atoms with Gasteiger partial charge >= 0.3 is 0 Å². The highest BCUT2D eigenvalue weighted by Crippen LogP contribution is 2.41. The van der Waals surface area contributed by atoms with Gasteiger partial charge in [-0.1, -0.05) is 127 Å². The van der Waals surface area contributed by atoms with Crippen LogP contribution in [0.2, 0.25) is 0 Å². The van der Waals surface area contributed by atoms with E-state index in [2.05, 4.69) is 185 Å². The molecule has 0 aliphatic heterocycles. The van der Waals surface area contributed by atoms with Crippen molar-refractivity contribution >= 4 is 65.6 Å². The van der Waals surface area contributed by atoms with Crippen molar-refractivity contribution < 1.29 is 4.42 Å². The van der Waals surface area contributed by atoms with Gasteiger partial charge in [0.05, 0.1) is 27.6 Å². The van der Waals surface area contributed by atoms with Crippen LogP contribution in [0.25, 0.3) is 99.2 Å². The number of benzene rings is 8. The second kappa shape index (κ2) is 10.8. The molecule has 8 aromatic carbocycles. The molecule has 0 spiro atoms. The zero-order valence-corrected chi connectivity index (χ0v) is 27.6. The number of rotatable bonds is 4. The molecule has 0 saturated heterocycles. The van der Waals surface area contributed by atoms with Gasteiger partial charge in [-0.25, -0.2) is 0 Å². The first-order valence-corrected chi connectivity index (χ1v) is 17.4. The van der Waals surface area contributed by atoms with Crippen LogP contribution in [0.5, 0.6) is 0 Å². The van der Waals surface area contributed by atoms with Crippen LogP contribution in [0.4, 0.5) is 0 Å². The zero-order valence-electron chi connectivity index (χ0n) is 27.6. The van der Waals surface area contributed by atoms with Crippen molar-refractivity contribution in [3.63, 3.8) is 0 Å². The Morgan fingerprint density at radius 2 is 0.922 bits per heavy atom. The fraction of sp³-hybridized carbons (Fsp3) is 0. The van der Waals surface area contributed by atoms with Gasteiger partial charge < -0.3 is 8.98 Å². The third-order valence-electron chi connectivity index (χ3n) is 10.5. The lowest BCUT2D eigenvalue weighted by molar-refractivity contribution is 0.645. The fourth-order valence-corrected chi connectivity index (χ4v) is 8.18.